The summed E-state index contributed by atoms with van der Waals surface area (Å²) in [5, 5.41) is 8.24. The molecule has 4 aromatic carbocycles. The number of amides is 1. The van der Waals surface area contributed by atoms with Crippen LogP contribution in [0.2, 0.25) is 5.02 Å². The monoisotopic (exact) mass is 505 g/mol. The number of aromatic nitrogens is 2. The number of H-pyrrole nitrogens is 1. The van der Waals surface area contributed by atoms with E-state index in [1.54, 1.807) is 0 Å². The highest BCUT2D eigenvalue weighted by Gasteiger charge is 2.42. The number of aromatic amines is 1. The quantitative estimate of drug-likeness (QED) is 0.258. The van der Waals surface area contributed by atoms with Crippen LogP contribution in [0.3, 0.4) is 0 Å². The number of carbonyl (C=O) groups is 1. The molecule has 2 heterocycles. The van der Waals surface area contributed by atoms with E-state index in [4.69, 9.17) is 16.3 Å². The van der Waals surface area contributed by atoms with E-state index >= 15 is 0 Å². The van der Waals surface area contributed by atoms with Crippen molar-refractivity contribution in [1.82, 2.24) is 15.1 Å². The zero-order valence-corrected chi connectivity index (χ0v) is 20.7. The zero-order valence-electron chi connectivity index (χ0n) is 20.0. The van der Waals surface area contributed by atoms with Crippen molar-refractivity contribution in [3.8, 4) is 17.0 Å². The summed E-state index contributed by atoms with van der Waals surface area (Å²) in [6, 6.07) is 35.3. The molecule has 0 aliphatic carbocycles. The average Bonchev–Trinajstić information content (AvgIpc) is 3.49. The molecule has 6 rings (SSSR count). The van der Waals surface area contributed by atoms with Crippen molar-refractivity contribution >= 4 is 17.5 Å². The van der Waals surface area contributed by atoms with Crippen molar-refractivity contribution in [3.63, 3.8) is 0 Å². The third-order valence-electron chi connectivity index (χ3n) is 6.62. The van der Waals surface area contributed by atoms with Gasteiger partial charge in [0.15, 0.2) is 0 Å². The van der Waals surface area contributed by atoms with Crippen molar-refractivity contribution in [1.29, 1.82) is 0 Å². The maximum absolute atomic E-state index is 13.6. The number of nitrogens with zero attached hydrogens (tertiary/aromatic N) is 2. The fourth-order valence-electron chi connectivity index (χ4n) is 4.80. The highest BCUT2D eigenvalue weighted by Crippen LogP contribution is 2.43. The van der Waals surface area contributed by atoms with Crippen LogP contribution >= 0.6 is 11.6 Å². The molecule has 0 saturated heterocycles. The highest BCUT2D eigenvalue weighted by atomic mass is 35.5. The van der Waals surface area contributed by atoms with Crippen molar-refractivity contribution in [2.75, 3.05) is 0 Å². The number of hydrogen-bond donors (Lipinski definition) is 1. The first-order valence-electron chi connectivity index (χ1n) is 12.1. The number of carbonyl (C=O) groups excluding carboxylic acids is 1. The second-order valence-corrected chi connectivity index (χ2v) is 9.47. The number of hydrogen-bond acceptors (Lipinski definition) is 3. The van der Waals surface area contributed by atoms with E-state index in [9.17, 15) is 4.79 Å². The Labute approximate surface area is 220 Å². The average molecular weight is 506 g/mol. The molecule has 37 heavy (non-hydrogen) atoms. The van der Waals surface area contributed by atoms with E-state index in [0.29, 0.717) is 23.9 Å². The van der Waals surface area contributed by atoms with Crippen LogP contribution < -0.4 is 4.74 Å². The van der Waals surface area contributed by atoms with Crippen LogP contribution in [0.1, 0.15) is 38.8 Å². The van der Waals surface area contributed by atoms with E-state index in [0.717, 1.165) is 39.3 Å². The molecule has 1 atom stereocenters. The molecule has 5 aromatic rings. The first kappa shape index (κ1) is 23.1. The van der Waals surface area contributed by atoms with Crippen molar-refractivity contribution in [3.05, 3.63) is 142 Å². The molecule has 0 spiro atoms. The highest BCUT2D eigenvalue weighted by molar-refractivity contribution is 6.30. The van der Waals surface area contributed by atoms with Crippen LogP contribution in [0.25, 0.3) is 11.3 Å². The Hall–Kier alpha value is -4.35. The molecule has 6 heteroatoms. The lowest BCUT2D eigenvalue weighted by Gasteiger charge is -2.26. The fourth-order valence-corrected chi connectivity index (χ4v) is 4.92. The van der Waals surface area contributed by atoms with E-state index in [1.807, 2.05) is 114 Å². The number of rotatable bonds is 7. The van der Waals surface area contributed by atoms with E-state index < -0.39 is 0 Å². The zero-order chi connectivity index (χ0) is 25.2. The maximum atomic E-state index is 13.6. The lowest BCUT2D eigenvalue weighted by Crippen LogP contribution is -2.29. The van der Waals surface area contributed by atoms with Gasteiger partial charge in [0, 0.05) is 22.7 Å². The Balaban J connectivity index is 1.35. The Bertz CT molecular complexity index is 1520. The van der Waals surface area contributed by atoms with Gasteiger partial charge in [-0.15, -0.1) is 0 Å². The Morgan fingerprint density at radius 3 is 2.19 bits per heavy atom. The summed E-state index contributed by atoms with van der Waals surface area (Å²) in [6.07, 6.45) is 0. The number of halogens is 1. The van der Waals surface area contributed by atoms with Gasteiger partial charge in [-0.1, -0.05) is 96.5 Å². The molecule has 1 N–H and O–H groups in total. The number of nitrogens with one attached hydrogen (secondary N) is 1. The normalized spacial score (nSPS) is 14.6. The molecule has 5 nitrogen and oxygen atoms in total. The topological polar surface area (TPSA) is 58.2 Å². The van der Waals surface area contributed by atoms with Crippen molar-refractivity contribution in [2.45, 2.75) is 19.2 Å². The summed E-state index contributed by atoms with van der Waals surface area (Å²) < 4.78 is 6.00. The maximum Gasteiger partial charge on any atom is 0.273 e. The molecule has 1 aliphatic rings. The number of fused-ring (bicyclic) bond motifs is 1. The molecule has 0 saturated carbocycles. The van der Waals surface area contributed by atoms with E-state index in [-0.39, 0.29) is 11.9 Å². The third kappa shape index (κ3) is 4.61. The lowest BCUT2D eigenvalue weighted by molar-refractivity contribution is 0.0730. The summed E-state index contributed by atoms with van der Waals surface area (Å²) >= 11 is 6.10. The minimum atomic E-state index is -0.296. The smallest absolute Gasteiger partial charge is 0.273 e. The first-order valence-corrected chi connectivity index (χ1v) is 12.5. The molecular weight excluding hydrogens is 482 g/mol. The minimum Gasteiger partial charge on any atom is -0.489 e. The largest absolute Gasteiger partial charge is 0.489 e. The van der Waals surface area contributed by atoms with Crippen molar-refractivity contribution in [2.24, 2.45) is 0 Å². The van der Waals surface area contributed by atoms with Crippen LogP contribution in [0, 0.1) is 0 Å². The lowest BCUT2D eigenvalue weighted by atomic mass is 9.96. The van der Waals surface area contributed by atoms with Crippen molar-refractivity contribution < 1.29 is 9.53 Å². The Morgan fingerprint density at radius 2 is 1.49 bits per heavy atom. The molecule has 1 unspecified atom stereocenters. The van der Waals surface area contributed by atoms with Gasteiger partial charge < -0.3 is 9.64 Å². The summed E-state index contributed by atoms with van der Waals surface area (Å²) in [5.41, 5.74) is 6.28. The van der Waals surface area contributed by atoms with Gasteiger partial charge in [0.2, 0.25) is 0 Å². The standard InChI is InChI=1S/C31H24ClN3O2/c32-25-15-11-21(12-16-25)19-35-30(24-13-17-26(18-14-24)37-20-22-7-3-1-4-8-22)27-28(23-9-5-2-6-10-23)33-34-29(27)31(35)36/h1-18,30H,19-20H2,(H,33,34). The summed E-state index contributed by atoms with van der Waals surface area (Å²) in [7, 11) is 0. The predicted molar refractivity (Wildman–Crippen MR) is 144 cm³/mol. The van der Waals surface area contributed by atoms with Crippen LogP contribution in [-0.4, -0.2) is 21.0 Å². The molecule has 0 radical (unpaired) electrons. The second kappa shape index (κ2) is 9.96. The SMILES string of the molecule is O=C1c2[nH]nc(-c3ccccc3)c2C(c2ccc(OCc3ccccc3)cc2)N1Cc1ccc(Cl)cc1. The third-order valence-corrected chi connectivity index (χ3v) is 6.87. The summed E-state index contributed by atoms with van der Waals surface area (Å²) in [6.45, 7) is 0.943. The molecular formula is C31H24ClN3O2. The summed E-state index contributed by atoms with van der Waals surface area (Å²) in [5.74, 6) is 0.700. The van der Waals surface area contributed by atoms with Gasteiger partial charge >= 0.3 is 0 Å². The van der Waals surface area contributed by atoms with Gasteiger partial charge in [-0.3, -0.25) is 9.89 Å². The molecule has 0 fully saturated rings. The predicted octanol–water partition coefficient (Wildman–Crippen LogP) is 7.05. The molecule has 182 valence electrons. The van der Waals surface area contributed by atoms with Gasteiger partial charge in [0.25, 0.3) is 5.91 Å². The molecule has 0 bridgehead atoms. The summed E-state index contributed by atoms with van der Waals surface area (Å²) in [4.78, 5) is 15.5. The van der Waals surface area contributed by atoms with Gasteiger partial charge in [-0.05, 0) is 41.0 Å². The van der Waals surface area contributed by atoms with Gasteiger partial charge in [0.05, 0.1) is 11.7 Å². The minimum absolute atomic E-state index is 0.0750. The van der Waals surface area contributed by atoms with Gasteiger partial charge in [-0.2, -0.15) is 5.10 Å². The van der Waals surface area contributed by atoms with Crippen LogP contribution in [0.4, 0.5) is 0 Å². The molecule has 1 aliphatic heterocycles. The first-order chi connectivity index (χ1) is 18.2. The number of ether oxygens (including phenoxy) is 1. The Morgan fingerprint density at radius 1 is 0.811 bits per heavy atom. The molecule has 1 aromatic heterocycles. The fraction of sp³-hybridized carbons (Fsp3) is 0.0968. The van der Waals surface area contributed by atoms with E-state index in [2.05, 4.69) is 10.2 Å². The van der Waals surface area contributed by atoms with Crippen LogP contribution in [-0.2, 0) is 13.2 Å². The second-order valence-electron chi connectivity index (χ2n) is 9.03. The van der Waals surface area contributed by atoms with E-state index in [1.165, 1.54) is 0 Å². The van der Waals surface area contributed by atoms with Crippen LogP contribution in [0.15, 0.2) is 109 Å². The van der Waals surface area contributed by atoms with Gasteiger partial charge in [0.1, 0.15) is 18.1 Å². The van der Waals surface area contributed by atoms with Crippen LogP contribution in [0.5, 0.6) is 5.75 Å². The molecule has 1 amide bonds. The number of benzene rings is 4. The van der Waals surface area contributed by atoms with Gasteiger partial charge in [-0.25, -0.2) is 0 Å². The Kier molecular flexibility index (Phi) is 6.21.